The zero-order valence-corrected chi connectivity index (χ0v) is 14.0. The predicted molar refractivity (Wildman–Crippen MR) is 84.8 cm³/mol. The summed E-state index contributed by atoms with van der Waals surface area (Å²) in [6.07, 6.45) is 3.07. The van der Waals surface area contributed by atoms with Crippen molar-refractivity contribution in [3.05, 3.63) is 29.8 Å². The highest BCUT2D eigenvalue weighted by atomic mass is 32.2. The van der Waals surface area contributed by atoms with Crippen molar-refractivity contribution < 1.29 is 8.42 Å². The quantitative estimate of drug-likeness (QED) is 0.878. The van der Waals surface area contributed by atoms with E-state index >= 15 is 0 Å². The van der Waals surface area contributed by atoms with Crippen LogP contribution in [0.3, 0.4) is 0 Å². The Morgan fingerprint density at radius 1 is 1.20 bits per heavy atom. The molecular formula is C16H27NO2S. The lowest BCUT2D eigenvalue weighted by Gasteiger charge is -2.32. The fraction of sp³-hybridized carbons (Fsp3) is 0.625. The van der Waals surface area contributed by atoms with Gasteiger partial charge in [-0.1, -0.05) is 45.9 Å². The smallest absolute Gasteiger partial charge is 0.175 e. The number of rotatable bonds is 6. The van der Waals surface area contributed by atoms with Crippen molar-refractivity contribution in [2.45, 2.75) is 51.5 Å². The summed E-state index contributed by atoms with van der Waals surface area (Å²) < 4.78 is 23.8. The van der Waals surface area contributed by atoms with E-state index in [1.165, 1.54) is 6.26 Å². The van der Waals surface area contributed by atoms with Gasteiger partial charge in [0.15, 0.2) is 9.84 Å². The van der Waals surface area contributed by atoms with Crippen LogP contribution in [-0.2, 0) is 16.3 Å². The van der Waals surface area contributed by atoms with Crippen LogP contribution in [0.1, 0.15) is 39.7 Å². The summed E-state index contributed by atoms with van der Waals surface area (Å²) >= 11 is 0. The maximum atomic E-state index is 11.9. The highest BCUT2D eigenvalue weighted by molar-refractivity contribution is 7.90. The van der Waals surface area contributed by atoms with E-state index in [9.17, 15) is 8.42 Å². The summed E-state index contributed by atoms with van der Waals surface area (Å²) in [5.41, 5.74) is 0.985. The molecule has 20 heavy (non-hydrogen) atoms. The van der Waals surface area contributed by atoms with Crippen LogP contribution >= 0.6 is 0 Å². The summed E-state index contributed by atoms with van der Waals surface area (Å²) in [5, 5.41) is 3.54. The highest BCUT2D eigenvalue weighted by Gasteiger charge is 2.26. The van der Waals surface area contributed by atoms with Gasteiger partial charge in [-0.3, -0.25) is 0 Å². The van der Waals surface area contributed by atoms with Gasteiger partial charge in [-0.2, -0.15) is 0 Å². The molecule has 0 amide bonds. The van der Waals surface area contributed by atoms with Crippen LogP contribution < -0.4 is 5.32 Å². The molecule has 4 heteroatoms. The topological polar surface area (TPSA) is 46.2 Å². The third-order valence-electron chi connectivity index (χ3n) is 3.48. The number of hydrogen-bond donors (Lipinski definition) is 1. The Morgan fingerprint density at radius 2 is 1.80 bits per heavy atom. The normalized spacial score (nSPS) is 14.2. The van der Waals surface area contributed by atoms with Crippen LogP contribution in [0.4, 0.5) is 0 Å². The first-order valence-corrected chi connectivity index (χ1v) is 9.06. The second-order valence-electron chi connectivity index (χ2n) is 6.46. The van der Waals surface area contributed by atoms with E-state index in [0.29, 0.717) is 4.90 Å². The fourth-order valence-electron chi connectivity index (χ4n) is 2.26. The van der Waals surface area contributed by atoms with Crippen LogP contribution in [0.25, 0.3) is 0 Å². The van der Waals surface area contributed by atoms with E-state index in [4.69, 9.17) is 0 Å². The predicted octanol–water partition coefficient (Wildman–Crippen LogP) is 3.05. The molecule has 0 spiro atoms. The van der Waals surface area contributed by atoms with Gasteiger partial charge in [0.2, 0.25) is 0 Å². The molecule has 114 valence electrons. The van der Waals surface area contributed by atoms with Crippen molar-refractivity contribution >= 4 is 9.84 Å². The number of sulfone groups is 1. The first-order chi connectivity index (χ1) is 9.16. The molecule has 0 aliphatic carbocycles. The summed E-state index contributed by atoms with van der Waals surface area (Å²) in [6, 6.07) is 7.56. The fourth-order valence-corrected chi connectivity index (χ4v) is 3.21. The van der Waals surface area contributed by atoms with Gasteiger partial charge in [0.25, 0.3) is 0 Å². The van der Waals surface area contributed by atoms with Crippen LogP contribution in [0.2, 0.25) is 0 Å². The Balaban J connectivity index is 3.06. The Hall–Kier alpha value is -0.870. The molecular weight excluding hydrogens is 270 g/mol. The molecule has 0 heterocycles. The molecule has 0 saturated heterocycles. The molecule has 3 nitrogen and oxygen atoms in total. The molecule has 1 aromatic carbocycles. The molecule has 0 aromatic heterocycles. The molecule has 0 aliphatic rings. The van der Waals surface area contributed by atoms with Gasteiger partial charge in [0, 0.05) is 12.3 Å². The van der Waals surface area contributed by atoms with Crippen LogP contribution in [0.15, 0.2) is 29.2 Å². The minimum Gasteiger partial charge on any atom is -0.313 e. The average Bonchev–Trinajstić information content (AvgIpc) is 2.32. The minimum atomic E-state index is -3.17. The van der Waals surface area contributed by atoms with Gasteiger partial charge in [-0.15, -0.1) is 0 Å². The zero-order valence-electron chi connectivity index (χ0n) is 13.2. The summed E-state index contributed by atoms with van der Waals surface area (Å²) in [5.74, 6) is 0. The first-order valence-electron chi connectivity index (χ1n) is 7.17. The van der Waals surface area contributed by atoms with Crippen molar-refractivity contribution in [2.24, 2.45) is 5.41 Å². The first kappa shape index (κ1) is 17.2. The lowest BCUT2D eigenvalue weighted by atomic mass is 9.83. The molecule has 1 aromatic rings. The third kappa shape index (κ3) is 4.91. The van der Waals surface area contributed by atoms with Crippen LogP contribution in [0, 0.1) is 5.41 Å². The molecule has 1 rings (SSSR count). The zero-order chi connectivity index (χ0) is 15.4. The van der Waals surface area contributed by atoms with Gasteiger partial charge in [0.1, 0.15) is 0 Å². The molecule has 0 aliphatic heterocycles. The molecule has 1 N–H and O–H groups in total. The second-order valence-corrected chi connectivity index (χ2v) is 8.44. The Labute approximate surface area is 123 Å². The number of benzene rings is 1. The molecule has 1 unspecified atom stereocenters. The van der Waals surface area contributed by atoms with Gasteiger partial charge in [0.05, 0.1) is 4.90 Å². The molecule has 1 atom stereocenters. The van der Waals surface area contributed by atoms with E-state index in [2.05, 4.69) is 33.0 Å². The van der Waals surface area contributed by atoms with E-state index in [1.54, 1.807) is 12.1 Å². The van der Waals surface area contributed by atoms with E-state index in [1.807, 2.05) is 12.1 Å². The van der Waals surface area contributed by atoms with Crippen molar-refractivity contribution in [3.63, 3.8) is 0 Å². The summed E-state index contributed by atoms with van der Waals surface area (Å²) in [7, 11) is -3.17. The minimum absolute atomic E-state index is 0.0831. The number of nitrogens with one attached hydrogen (secondary N) is 1. The van der Waals surface area contributed by atoms with Crippen molar-refractivity contribution in [1.29, 1.82) is 0 Å². The third-order valence-corrected chi connectivity index (χ3v) is 4.68. The summed E-state index contributed by atoms with van der Waals surface area (Å²) in [6.45, 7) is 9.64. The van der Waals surface area contributed by atoms with Crippen molar-refractivity contribution in [3.8, 4) is 0 Å². The lowest BCUT2D eigenvalue weighted by molar-refractivity contribution is 0.266. The van der Waals surface area contributed by atoms with E-state index < -0.39 is 9.84 Å². The van der Waals surface area contributed by atoms with Gasteiger partial charge in [-0.05, 0) is 36.4 Å². The second kappa shape index (κ2) is 6.72. The van der Waals surface area contributed by atoms with E-state index in [0.717, 1.165) is 24.9 Å². The van der Waals surface area contributed by atoms with Gasteiger partial charge < -0.3 is 5.32 Å². The maximum absolute atomic E-state index is 11.9. The maximum Gasteiger partial charge on any atom is 0.175 e. The Bertz CT molecular complexity index is 530. The molecule has 0 fully saturated rings. The van der Waals surface area contributed by atoms with Crippen molar-refractivity contribution in [1.82, 2.24) is 5.32 Å². The SMILES string of the molecule is CCCNC(Cc1ccccc1S(C)(=O)=O)C(C)(C)C. The molecule has 0 saturated carbocycles. The Kier molecular flexibility index (Phi) is 5.78. The molecule has 0 radical (unpaired) electrons. The van der Waals surface area contributed by atoms with Crippen LogP contribution in [-0.4, -0.2) is 27.3 Å². The standard InChI is InChI=1S/C16H27NO2S/c1-6-11-17-15(16(2,3)4)12-13-9-7-8-10-14(13)20(5,18)19/h7-10,15,17H,6,11-12H2,1-5H3. The lowest BCUT2D eigenvalue weighted by Crippen LogP contribution is -2.42. The van der Waals surface area contributed by atoms with Crippen molar-refractivity contribution in [2.75, 3.05) is 12.8 Å². The molecule has 0 bridgehead atoms. The largest absolute Gasteiger partial charge is 0.313 e. The van der Waals surface area contributed by atoms with Gasteiger partial charge >= 0.3 is 0 Å². The monoisotopic (exact) mass is 297 g/mol. The Morgan fingerprint density at radius 3 is 2.30 bits per heavy atom. The number of hydrogen-bond acceptors (Lipinski definition) is 3. The summed E-state index contributed by atoms with van der Waals surface area (Å²) in [4.78, 5) is 0.451. The average molecular weight is 297 g/mol. The van der Waals surface area contributed by atoms with E-state index in [-0.39, 0.29) is 11.5 Å². The highest BCUT2D eigenvalue weighted by Crippen LogP contribution is 2.25. The van der Waals surface area contributed by atoms with Crippen LogP contribution in [0.5, 0.6) is 0 Å². The van der Waals surface area contributed by atoms with Gasteiger partial charge in [-0.25, -0.2) is 8.42 Å².